The molecule has 1 unspecified atom stereocenters. The monoisotopic (exact) mass is 283 g/mol. The minimum Gasteiger partial charge on any atom is -0.479 e. The van der Waals surface area contributed by atoms with Gasteiger partial charge in [-0.2, -0.15) is 0 Å². The van der Waals surface area contributed by atoms with E-state index >= 15 is 0 Å². The second kappa shape index (κ2) is 7.00. The van der Waals surface area contributed by atoms with Gasteiger partial charge in [0.1, 0.15) is 12.4 Å². The SMILES string of the molecule is Cc1cc(C(NC(=O)COC(C)C)C(=O)O)ccc1F. The van der Waals surface area contributed by atoms with E-state index in [4.69, 9.17) is 9.84 Å². The minimum absolute atomic E-state index is 0.128. The highest BCUT2D eigenvalue weighted by Gasteiger charge is 2.22. The molecular formula is C14H18FNO4. The number of carboxylic acids is 1. The summed E-state index contributed by atoms with van der Waals surface area (Å²) in [6.45, 7) is 4.85. The van der Waals surface area contributed by atoms with Crippen molar-refractivity contribution in [3.8, 4) is 0 Å². The Labute approximate surface area is 116 Å². The Morgan fingerprint density at radius 2 is 2.05 bits per heavy atom. The Bertz CT molecular complexity index is 502. The summed E-state index contributed by atoms with van der Waals surface area (Å²) in [5.41, 5.74) is 0.635. The third kappa shape index (κ3) is 4.62. The first-order valence-electron chi connectivity index (χ1n) is 6.21. The fourth-order valence-electron chi connectivity index (χ4n) is 1.58. The Kier molecular flexibility index (Phi) is 5.64. The van der Waals surface area contributed by atoms with Gasteiger partial charge >= 0.3 is 5.97 Å². The van der Waals surface area contributed by atoms with Crippen molar-refractivity contribution < 1.29 is 23.8 Å². The molecule has 1 rings (SSSR count). The maximum atomic E-state index is 13.2. The smallest absolute Gasteiger partial charge is 0.330 e. The molecule has 0 radical (unpaired) electrons. The van der Waals surface area contributed by atoms with Gasteiger partial charge in [0.25, 0.3) is 0 Å². The van der Waals surface area contributed by atoms with Crippen LogP contribution in [0.25, 0.3) is 0 Å². The maximum absolute atomic E-state index is 13.2. The van der Waals surface area contributed by atoms with Crippen molar-refractivity contribution in [2.75, 3.05) is 6.61 Å². The zero-order chi connectivity index (χ0) is 15.3. The molecule has 0 aliphatic heterocycles. The van der Waals surface area contributed by atoms with Crippen LogP contribution in [0.15, 0.2) is 18.2 Å². The van der Waals surface area contributed by atoms with Crippen molar-refractivity contribution in [1.29, 1.82) is 0 Å². The summed E-state index contributed by atoms with van der Waals surface area (Å²) < 4.78 is 18.3. The molecule has 0 aliphatic carbocycles. The van der Waals surface area contributed by atoms with Crippen LogP contribution in [0, 0.1) is 12.7 Å². The number of aliphatic carboxylic acids is 1. The van der Waals surface area contributed by atoms with Gasteiger partial charge in [-0.05, 0) is 38.0 Å². The number of carbonyl (C=O) groups excluding carboxylic acids is 1. The van der Waals surface area contributed by atoms with E-state index in [0.29, 0.717) is 11.1 Å². The highest BCUT2D eigenvalue weighted by atomic mass is 19.1. The zero-order valence-electron chi connectivity index (χ0n) is 11.6. The first-order valence-corrected chi connectivity index (χ1v) is 6.21. The van der Waals surface area contributed by atoms with Crippen LogP contribution >= 0.6 is 0 Å². The Morgan fingerprint density at radius 3 is 2.55 bits per heavy atom. The van der Waals surface area contributed by atoms with Gasteiger partial charge in [0, 0.05) is 0 Å². The lowest BCUT2D eigenvalue weighted by Crippen LogP contribution is -2.36. The molecule has 110 valence electrons. The molecule has 1 amide bonds. The third-order valence-corrected chi connectivity index (χ3v) is 2.62. The van der Waals surface area contributed by atoms with Gasteiger partial charge in [0.2, 0.25) is 5.91 Å². The molecule has 0 saturated carbocycles. The zero-order valence-corrected chi connectivity index (χ0v) is 11.6. The fraction of sp³-hybridized carbons (Fsp3) is 0.429. The summed E-state index contributed by atoms with van der Waals surface area (Å²) in [4.78, 5) is 22.8. The molecule has 6 heteroatoms. The van der Waals surface area contributed by atoms with Crippen molar-refractivity contribution in [2.45, 2.75) is 32.9 Å². The fourth-order valence-corrected chi connectivity index (χ4v) is 1.58. The van der Waals surface area contributed by atoms with E-state index in [1.165, 1.54) is 25.1 Å². The Morgan fingerprint density at radius 1 is 1.40 bits per heavy atom. The predicted octanol–water partition coefficient (Wildman–Crippen LogP) is 1.80. The number of amides is 1. The first-order chi connectivity index (χ1) is 9.31. The number of halogens is 1. The van der Waals surface area contributed by atoms with E-state index in [2.05, 4.69) is 5.32 Å². The van der Waals surface area contributed by atoms with E-state index < -0.39 is 23.7 Å². The van der Waals surface area contributed by atoms with Crippen LogP contribution in [-0.2, 0) is 14.3 Å². The van der Waals surface area contributed by atoms with Gasteiger partial charge in [-0.3, -0.25) is 4.79 Å². The topological polar surface area (TPSA) is 75.6 Å². The molecule has 0 spiro atoms. The number of nitrogens with one attached hydrogen (secondary N) is 1. The maximum Gasteiger partial charge on any atom is 0.330 e. The summed E-state index contributed by atoms with van der Waals surface area (Å²) in [5, 5.41) is 11.5. The number of hydrogen-bond donors (Lipinski definition) is 2. The predicted molar refractivity (Wildman–Crippen MR) is 70.7 cm³/mol. The van der Waals surface area contributed by atoms with Crippen LogP contribution < -0.4 is 5.32 Å². The van der Waals surface area contributed by atoms with Crippen LogP contribution in [-0.4, -0.2) is 29.7 Å². The summed E-state index contributed by atoms with van der Waals surface area (Å²) in [5.74, 6) is -2.17. The average Bonchev–Trinajstić information content (AvgIpc) is 2.36. The van der Waals surface area contributed by atoms with Gasteiger partial charge in [0.05, 0.1) is 6.10 Å². The summed E-state index contributed by atoms with van der Waals surface area (Å²) >= 11 is 0. The summed E-state index contributed by atoms with van der Waals surface area (Å²) in [6, 6.07) is 2.69. The van der Waals surface area contributed by atoms with E-state index in [-0.39, 0.29) is 12.7 Å². The number of carboxylic acid groups (broad SMARTS) is 1. The van der Waals surface area contributed by atoms with Gasteiger partial charge < -0.3 is 15.2 Å². The van der Waals surface area contributed by atoms with Crippen molar-refractivity contribution in [1.82, 2.24) is 5.32 Å². The highest BCUT2D eigenvalue weighted by Crippen LogP contribution is 2.17. The first kappa shape index (κ1) is 16.1. The van der Waals surface area contributed by atoms with Crippen molar-refractivity contribution in [3.63, 3.8) is 0 Å². The van der Waals surface area contributed by atoms with E-state index in [1.54, 1.807) is 13.8 Å². The standard InChI is InChI=1S/C14H18FNO4/c1-8(2)20-7-12(17)16-13(14(18)19)10-4-5-11(15)9(3)6-10/h4-6,8,13H,7H2,1-3H3,(H,16,17)(H,18,19). The Balaban J connectivity index is 2.81. The van der Waals surface area contributed by atoms with Gasteiger partial charge in [0.15, 0.2) is 6.04 Å². The molecule has 2 N–H and O–H groups in total. The lowest BCUT2D eigenvalue weighted by atomic mass is 10.0. The molecule has 1 atom stereocenters. The molecule has 0 fully saturated rings. The lowest BCUT2D eigenvalue weighted by molar-refractivity contribution is -0.143. The van der Waals surface area contributed by atoms with Crippen molar-refractivity contribution in [2.24, 2.45) is 0 Å². The summed E-state index contributed by atoms with van der Waals surface area (Å²) in [6.07, 6.45) is -0.128. The quantitative estimate of drug-likeness (QED) is 0.834. The Hall–Kier alpha value is -1.95. The number of benzene rings is 1. The van der Waals surface area contributed by atoms with Crippen LogP contribution in [0.5, 0.6) is 0 Å². The second-order valence-electron chi connectivity index (χ2n) is 4.71. The molecular weight excluding hydrogens is 265 g/mol. The molecule has 0 saturated heterocycles. The van der Waals surface area contributed by atoms with E-state index in [9.17, 15) is 14.0 Å². The van der Waals surface area contributed by atoms with Gasteiger partial charge in [-0.1, -0.05) is 12.1 Å². The highest BCUT2D eigenvalue weighted by molar-refractivity contribution is 5.85. The summed E-state index contributed by atoms with van der Waals surface area (Å²) in [7, 11) is 0. The minimum atomic E-state index is -1.22. The van der Waals surface area contributed by atoms with Crippen molar-refractivity contribution >= 4 is 11.9 Å². The van der Waals surface area contributed by atoms with E-state index in [0.717, 1.165) is 0 Å². The normalized spacial score (nSPS) is 12.2. The lowest BCUT2D eigenvalue weighted by Gasteiger charge is -2.16. The van der Waals surface area contributed by atoms with Gasteiger partial charge in [-0.15, -0.1) is 0 Å². The van der Waals surface area contributed by atoms with Gasteiger partial charge in [-0.25, -0.2) is 9.18 Å². The number of carbonyl (C=O) groups is 2. The molecule has 1 aromatic rings. The molecule has 5 nitrogen and oxygen atoms in total. The molecule has 0 aromatic heterocycles. The number of rotatable bonds is 6. The van der Waals surface area contributed by atoms with Crippen LogP contribution in [0.2, 0.25) is 0 Å². The second-order valence-corrected chi connectivity index (χ2v) is 4.71. The largest absolute Gasteiger partial charge is 0.479 e. The van der Waals surface area contributed by atoms with Crippen LogP contribution in [0.1, 0.15) is 31.0 Å². The van der Waals surface area contributed by atoms with Crippen LogP contribution in [0.4, 0.5) is 4.39 Å². The third-order valence-electron chi connectivity index (χ3n) is 2.62. The molecule has 0 aliphatic rings. The molecule has 20 heavy (non-hydrogen) atoms. The molecule has 0 heterocycles. The van der Waals surface area contributed by atoms with E-state index in [1.807, 2.05) is 0 Å². The number of ether oxygens (including phenoxy) is 1. The average molecular weight is 283 g/mol. The number of hydrogen-bond acceptors (Lipinski definition) is 3. The number of aryl methyl sites for hydroxylation is 1. The van der Waals surface area contributed by atoms with Crippen molar-refractivity contribution in [3.05, 3.63) is 35.1 Å². The van der Waals surface area contributed by atoms with Crippen LogP contribution in [0.3, 0.4) is 0 Å². The molecule has 0 bridgehead atoms. The molecule has 1 aromatic carbocycles.